The SMILES string of the molecule is CCC1CNC(C)(c2ccccc2)CN1CCOC. The van der Waals surface area contributed by atoms with Gasteiger partial charge in [-0.25, -0.2) is 0 Å². The molecule has 2 unspecified atom stereocenters. The van der Waals surface area contributed by atoms with Gasteiger partial charge < -0.3 is 10.1 Å². The second kappa shape index (κ2) is 6.51. The first-order valence-electron chi connectivity index (χ1n) is 7.23. The zero-order valence-corrected chi connectivity index (χ0v) is 12.4. The molecule has 0 radical (unpaired) electrons. The van der Waals surface area contributed by atoms with Crippen LogP contribution in [0.3, 0.4) is 0 Å². The number of hydrogen-bond acceptors (Lipinski definition) is 3. The Balaban J connectivity index is 2.11. The van der Waals surface area contributed by atoms with E-state index in [2.05, 4.69) is 54.4 Å². The highest BCUT2D eigenvalue weighted by Crippen LogP contribution is 2.26. The summed E-state index contributed by atoms with van der Waals surface area (Å²) in [5, 5.41) is 3.74. The average molecular weight is 262 g/mol. The Bertz CT molecular complexity index is 382. The Morgan fingerprint density at radius 3 is 2.74 bits per heavy atom. The minimum atomic E-state index is 0.0423. The van der Waals surface area contributed by atoms with Gasteiger partial charge in [-0.1, -0.05) is 37.3 Å². The Labute approximate surface area is 116 Å². The van der Waals surface area contributed by atoms with Crippen LogP contribution in [0.5, 0.6) is 0 Å². The van der Waals surface area contributed by atoms with E-state index in [1.807, 2.05) is 0 Å². The van der Waals surface area contributed by atoms with Gasteiger partial charge in [0.05, 0.1) is 12.1 Å². The summed E-state index contributed by atoms with van der Waals surface area (Å²) >= 11 is 0. The van der Waals surface area contributed by atoms with Crippen molar-refractivity contribution in [3.63, 3.8) is 0 Å². The molecule has 1 saturated heterocycles. The van der Waals surface area contributed by atoms with E-state index in [0.717, 1.165) is 26.2 Å². The molecule has 2 atom stereocenters. The molecule has 1 aliphatic rings. The molecule has 3 heteroatoms. The van der Waals surface area contributed by atoms with Crippen molar-refractivity contribution in [1.29, 1.82) is 0 Å². The predicted octanol–water partition coefficient (Wildman–Crippen LogP) is 2.23. The van der Waals surface area contributed by atoms with E-state index in [-0.39, 0.29) is 5.54 Å². The average Bonchev–Trinajstić information content (AvgIpc) is 2.46. The first-order chi connectivity index (χ1) is 9.19. The molecular formula is C16H26N2O. The van der Waals surface area contributed by atoms with Gasteiger partial charge in [0.25, 0.3) is 0 Å². The summed E-state index contributed by atoms with van der Waals surface area (Å²) in [7, 11) is 1.78. The van der Waals surface area contributed by atoms with Gasteiger partial charge in [-0.3, -0.25) is 4.90 Å². The molecule has 3 nitrogen and oxygen atoms in total. The van der Waals surface area contributed by atoms with Crippen LogP contribution in [0.4, 0.5) is 0 Å². The lowest BCUT2D eigenvalue weighted by molar-refractivity contribution is 0.0558. The summed E-state index contributed by atoms with van der Waals surface area (Å²) in [6, 6.07) is 11.4. The smallest absolute Gasteiger partial charge is 0.0589 e. The van der Waals surface area contributed by atoms with Crippen molar-refractivity contribution < 1.29 is 4.74 Å². The maximum Gasteiger partial charge on any atom is 0.0589 e. The fraction of sp³-hybridized carbons (Fsp3) is 0.625. The first-order valence-corrected chi connectivity index (χ1v) is 7.23. The molecule has 19 heavy (non-hydrogen) atoms. The monoisotopic (exact) mass is 262 g/mol. The number of rotatable bonds is 5. The van der Waals surface area contributed by atoms with Crippen molar-refractivity contribution in [1.82, 2.24) is 10.2 Å². The van der Waals surface area contributed by atoms with Crippen LogP contribution in [0.2, 0.25) is 0 Å². The van der Waals surface area contributed by atoms with Gasteiger partial charge in [-0.15, -0.1) is 0 Å². The number of nitrogens with one attached hydrogen (secondary N) is 1. The van der Waals surface area contributed by atoms with E-state index in [1.165, 1.54) is 12.0 Å². The van der Waals surface area contributed by atoms with Gasteiger partial charge >= 0.3 is 0 Å². The van der Waals surface area contributed by atoms with E-state index < -0.39 is 0 Å². The second-order valence-corrected chi connectivity index (χ2v) is 5.60. The lowest BCUT2D eigenvalue weighted by Gasteiger charge is -2.46. The van der Waals surface area contributed by atoms with Gasteiger partial charge in [0, 0.05) is 32.8 Å². The Morgan fingerprint density at radius 2 is 2.11 bits per heavy atom. The standard InChI is InChI=1S/C16H26N2O/c1-4-15-12-17-16(2,13-18(15)10-11-19-3)14-8-6-5-7-9-14/h5-9,15,17H,4,10-13H2,1-3H3. The molecule has 0 aromatic heterocycles. The fourth-order valence-corrected chi connectivity index (χ4v) is 2.94. The summed E-state index contributed by atoms with van der Waals surface area (Å²) in [4.78, 5) is 2.56. The highest BCUT2D eigenvalue weighted by atomic mass is 16.5. The third kappa shape index (κ3) is 3.35. The highest BCUT2D eigenvalue weighted by molar-refractivity contribution is 5.25. The van der Waals surface area contributed by atoms with Crippen LogP contribution in [0.25, 0.3) is 0 Å². The number of hydrogen-bond donors (Lipinski definition) is 1. The van der Waals surface area contributed by atoms with Crippen LogP contribution in [0.1, 0.15) is 25.8 Å². The molecular weight excluding hydrogens is 236 g/mol. The number of ether oxygens (including phenoxy) is 1. The summed E-state index contributed by atoms with van der Waals surface area (Å²) in [6.07, 6.45) is 1.18. The number of piperazine rings is 1. The number of nitrogens with zero attached hydrogens (tertiary/aromatic N) is 1. The van der Waals surface area contributed by atoms with E-state index in [1.54, 1.807) is 7.11 Å². The largest absolute Gasteiger partial charge is 0.383 e. The van der Waals surface area contributed by atoms with E-state index in [4.69, 9.17) is 4.74 Å². The third-order valence-electron chi connectivity index (χ3n) is 4.23. The Kier molecular flexibility index (Phi) is 4.97. The molecule has 0 spiro atoms. The zero-order valence-electron chi connectivity index (χ0n) is 12.4. The lowest BCUT2D eigenvalue weighted by atomic mass is 9.88. The highest BCUT2D eigenvalue weighted by Gasteiger charge is 2.35. The number of methoxy groups -OCH3 is 1. The third-order valence-corrected chi connectivity index (χ3v) is 4.23. The van der Waals surface area contributed by atoms with Crippen molar-refractivity contribution in [3.8, 4) is 0 Å². The van der Waals surface area contributed by atoms with Crippen LogP contribution in [-0.4, -0.2) is 44.3 Å². The second-order valence-electron chi connectivity index (χ2n) is 5.60. The summed E-state index contributed by atoms with van der Waals surface area (Å²) in [6.45, 7) is 8.47. The van der Waals surface area contributed by atoms with Crippen molar-refractivity contribution in [2.45, 2.75) is 31.8 Å². The minimum Gasteiger partial charge on any atom is -0.383 e. The molecule has 106 valence electrons. The molecule has 0 amide bonds. The minimum absolute atomic E-state index is 0.0423. The molecule has 1 fully saturated rings. The van der Waals surface area contributed by atoms with E-state index in [9.17, 15) is 0 Å². The maximum absolute atomic E-state index is 5.25. The van der Waals surface area contributed by atoms with Crippen molar-refractivity contribution >= 4 is 0 Å². The van der Waals surface area contributed by atoms with Crippen molar-refractivity contribution in [3.05, 3.63) is 35.9 Å². The zero-order chi connectivity index (χ0) is 13.7. The normalized spacial score (nSPS) is 28.5. The van der Waals surface area contributed by atoms with E-state index in [0.29, 0.717) is 6.04 Å². The maximum atomic E-state index is 5.25. The molecule has 1 heterocycles. The van der Waals surface area contributed by atoms with Crippen molar-refractivity contribution in [2.24, 2.45) is 0 Å². The molecule has 1 aliphatic heterocycles. The Morgan fingerprint density at radius 1 is 1.37 bits per heavy atom. The molecule has 0 saturated carbocycles. The molecule has 1 aromatic rings. The molecule has 1 aromatic carbocycles. The lowest BCUT2D eigenvalue weighted by Crippen LogP contribution is -2.61. The van der Waals surface area contributed by atoms with E-state index >= 15 is 0 Å². The van der Waals surface area contributed by atoms with Gasteiger partial charge in [0.15, 0.2) is 0 Å². The molecule has 0 aliphatic carbocycles. The van der Waals surface area contributed by atoms with Crippen LogP contribution in [0.15, 0.2) is 30.3 Å². The molecule has 1 N–H and O–H groups in total. The molecule has 2 rings (SSSR count). The summed E-state index contributed by atoms with van der Waals surface area (Å²) in [5.41, 5.74) is 1.41. The topological polar surface area (TPSA) is 24.5 Å². The van der Waals surface area contributed by atoms with Gasteiger partial charge in [0.2, 0.25) is 0 Å². The summed E-state index contributed by atoms with van der Waals surface area (Å²) < 4.78 is 5.25. The van der Waals surface area contributed by atoms with Gasteiger partial charge in [-0.05, 0) is 18.9 Å². The Hall–Kier alpha value is -0.900. The van der Waals surface area contributed by atoms with Crippen LogP contribution in [-0.2, 0) is 10.3 Å². The van der Waals surface area contributed by atoms with Crippen LogP contribution >= 0.6 is 0 Å². The first kappa shape index (κ1) is 14.5. The van der Waals surface area contributed by atoms with Gasteiger partial charge in [-0.2, -0.15) is 0 Å². The van der Waals surface area contributed by atoms with Gasteiger partial charge in [0.1, 0.15) is 0 Å². The van der Waals surface area contributed by atoms with Crippen molar-refractivity contribution in [2.75, 3.05) is 33.4 Å². The predicted molar refractivity (Wildman–Crippen MR) is 79.3 cm³/mol. The summed E-state index contributed by atoms with van der Waals surface area (Å²) in [5.74, 6) is 0. The fourth-order valence-electron chi connectivity index (χ4n) is 2.94. The molecule has 0 bridgehead atoms. The number of benzene rings is 1. The van der Waals surface area contributed by atoms with Crippen LogP contribution in [0, 0.1) is 0 Å². The quantitative estimate of drug-likeness (QED) is 0.880. The van der Waals surface area contributed by atoms with Crippen LogP contribution < -0.4 is 5.32 Å².